The van der Waals surface area contributed by atoms with Gasteiger partial charge in [0, 0.05) is 0 Å². The number of aryl methyl sites for hydroxylation is 2. The van der Waals surface area contributed by atoms with Gasteiger partial charge in [-0.1, -0.05) is 43.2 Å². The summed E-state index contributed by atoms with van der Waals surface area (Å²) in [6.45, 7) is 5.71. The van der Waals surface area contributed by atoms with Gasteiger partial charge < -0.3 is 9.84 Å². The molecule has 3 N–H and O–H groups in total. The standard InChI is InChI=1S/C21H27N3O2/c1-3-4-13-23-19-7-5-6-8-20(19)24(21(23)22)14-17(25)15-26-18-11-9-16(2)10-12-18/h5-12,17,22,25H,3-4,13-15H2,1-2H3/p+1/t17-/m1/s1. The maximum atomic E-state index is 10.5. The highest BCUT2D eigenvalue weighted by atomic mass is 16.5. The van der Waals surface area contributed by atoms with E-state index >= 15 is 0 Å². The van der Waals surface area contributed by atoms with Crippen molar-refractivity contribution in [3.8, 4) is 5.75 Å². The summed E-state index contributed by atoms with van der Waals surface area (Å²) in [7, 11) is 0. The minimum atomic E-state index is -0.644. The first-order chi connectivity index (χ1) is 12.6. The van der Waals surface area contributed by atoms with E-state index in [0.29, 0.717) is 12.5 Å². The predicted octanol–water partition coefficient (Wildman–Crippen LogP) is 3.06. The van der Waals surface area contributed by atoms with E-state index in [0.717, 1.165) is 36.2 Å². The Morgan fingerprint density at radius 3 is 2.62 bits per heavy atom. The van der Waals surface area contributed by atoms with Crippen molar-refractivity contribution in [1.82, 2.24) is 4.57 Å². The zero-order valence-electron chi connectivity index (χ0n) is 15.6. The highest BCUT2D eigenvalue weighted by Crippen LogP contribution is 2.17. The number of nitrogens with two attached hydrogens (primary N) is 1. The average molecular weight is 354 g/mol. The largest absolute Gasteiger partial charge is 0.491 e. The van der Waals surface area contributed by atoms with E-state index in [2.05, 4.69) is 17.6 Å². The second-order valence-electron chi connectivity index (χ2n) is 6.74. The monoisotopic (exact) mass is 354 g/mol. The van der Waals surface area contributed by atoms with Crippen molar-refractivity contribution in [3.63, 3.8) is 0 Å². The minimum Gasteiger partial charge on any atom is -0.491 e. The molecule has 0 bridgehead atoms. The molecular formula is C21H28N3O2+. The van der Waals surface area contributed by atoms with Crippen molar-refractivity contribution in [2.45, 2.75) is 45.9 Å². The average Bonchev–Trinajstić information content (AvgIpc) is 2.91. The maximum absolute atomic E-state index is 10.5. The summed E-state index contributed by atoms with van der Waals surface area (Å²) in [5.74, 6) is 1.44. The SMILES string of the molecule is CCCCn1c(N)[n+](C[C@@H](O)COc2ccc(C)cc2)c2ccccc21. The van der Waals surface area contributed by atoms with Gasteiger partial charge in [0.2, 0.25) is 0 Å². The van der Waals surface area contributed by atoms with Gasteiger partial charge in [0.05, 0.1) is 6.54 Å². The molecule has 0 unspecified atom stereocenters. The Kier molecular flexibility index (Phi) is 5.78. The summed E-state index contributed by atoms with van der Waals surface area (Å²) in [6.07, 6.45) is 1.54. The highest BCUT2D eigenvalue weighted by Gasteiger charge is 2.22. The van der Waals surface area contributed by atoms with Gasteiger partial charge in [-0.25, -0.2) is 9.13 Å². The molecule has 26 heavy (non-hydrogen) atoms. The Labute approximate surface area is 154 Å². The van der Waals surface area contributed by atoms with Crippen LogP contribution in [0.25, 0.3) is 11.0 Å². The van der Waals surface area contributed by atoms with Gasteiger partial charge in [0.1, 0.15) is 36.0 Å². The fourth-order valence-electron chi connectivity index (χ4n) is 3.15. The van der Waals surface area contributed by atoms with E-state index < -0.39 is 6.10 Å². The van der Waals surface area contributed by atoms with E-state index in [1.54, 1.807) is 0 Å². The van der Waals surface area contributed by atoms with Crippen LogP contribution < -0.4 is 15.0 Å². The molecule has 1 heterocycles. The number of aliphatic hydroxyl groups is 1. The van der Waals surface area contributed by atoms with Crippen LogP contribution >= 0.6 is 0 Å². The number of unbranched alkanes of at least 4 members (excludes halogenated alkanes) is 1. The Hall–Kier alpha value is -2.53. The normalized spacial score (nSPS) is 12.4. The lowest BCUT2D eigenvalue weighted by atomic mass is 10.2. The number of nitrogen functional groups attached to an aromatic ring is 1. The summed E-state index contributed by atoms with van der Waals surface area (Å²) in [4.78, 5) is 0. The van der Waals surface area contributed by atoms with Crippen molar-refractivity contribution in [3.05, 3.63) is 54.1 Å². The first kappa shape index (κ1) is 18.3. The maximum Gasteiger partial charge on any atom is 0.356 e. The van der Waals surface area contributed by atoms with Crippen LogP contribution in [0, 0.1) is 6.92 Å². The van der Waals surface area contributed by atoms with Gasteiger partial charge in [-0.2, -0.15) is 0 Å². The minimum absolute atomic E-state index is 0.226. The Balaban J connectivity index is 1.75. The van der Waals surface area contributed by atoms with Gasteiger partial charge in [0.15, 0.2) is 0 Å². The lowest BCUT2D eigenvalue weighted by Gasteiger charge is -2.12. The molecule has 1 atom stereocenters. The third kappa shape index (κ3) is 3.99. The topological polar surface area (TPSA) is 64.3 Å². The van der Waals surface area contributed by atoms with Crippen molar-refractivity contribution in [2.75, 3.05) is 12.3 Å². The highest BCUT2D eigenvalue weighted by molar-refractivity contribution is 5.73. The number of para-hydroxylation sites is 2. The molecule has 0 fully saturated rings. The molecule has 0 aliphatic heterocycles. The van der Waals surface area contributed by atoms with Gasteiger partial charge in [0.25, 0.3) is 0 Å². The molecule has 5 nitrogen and oxygen atoms in total. The molecule has 3 rings (SSSR count). The van der Waals surface area contributed by atoms with Crippen LogP contribution in [0.1, 0.15) is 25.3 Å². The molecule has 5 heteroatoms. The molecule has 2 aromatic carbocycles. The number of imidazole rings is 1. The molecule has 0 radical (unpaired) electrons. The Morgan fingerprint density at radius 1 is 1.15 bits per heavy atom. The first-order valence-corrected chi connectivity index (χ1v) is 9.24. The summed E-state index contributed by atoms with van der Waals surface area (Å²) >= 11 is 0. The summed E-state index contributed by atoms with van der Waals surface area (Å²) < 4.78 is 9.82. The van der Waals surface area contributed by atoms with Crippen LogP contribution in [-0.4, -0.2) is 22.4 Å². The number of fused-ring (bicyclic) bond motifs is 1. The van der Waals surface area contributed by atoms with Crippen LogP contribution in [-0.2, 0) is 13.1 Å². The van der Waals surface area contributed by atoms with Crippen molar-refractivity contribution < 1.29 is 14.4 Å². The summed E-state index contributed by atoms with van der Waals surface area (Å²) in [5.41, 5.74) is 9.72. The number of rotatable bonds is 8. The van der Waals surface area contributed by atoms with Crippen LogP contribution in [0.5, 0.6) is 5.75 Å². The van der Waals surface area contributed by atoms with E-state index in [1.807, 2.05) is 54.0 Å². The molecule has 0 amide bonds. The van der Waals surface area contributed by atoms with Crippen molar-refractivity contribution in [2.24, 2.45) is 0 Å². The third-order valence-corrected chi connectivity index (χ3v) is 4.61. The lowest BCUT2D eigenvalue weighted by molar-refractivity contribution is -0.665. The molecule has 0 aliphatic carbocycles. The second-order valence-corrected chi connectivity index (χ2v) is 6.74. The zero-order valence-corrected chi connectivity index (χ0v) is 15.6. The second kappa shape index (κ2) is 8.23. The predicted molar refractivity (Wildman–Crippen MR) is 104 cm³/mol. The van der Waals surface area contributed by atoms with E-state index in [-0.39, 0.29) is 6.61 Å². The third-order valence-electron chi connectivity index (χ3n) is 4.61. The van der Waals surface area contributed by atoms with E-state index in [4.69, 9.17) is 10.5 Å². The van der Waals surface area contributed by atoms with Crippen molar-refractivity contribution in [1.29, 1.82) is 0 Å². The van der Waals surface area contributed by atoms with Crippen LogP contribution in [0.15, 0.2) is 48.5 Å². The fourth-order valence-corrected chi connectivity index (χ4v) is 3.15. The van der Waals surface area contributed by atoms with Gasteiger partial charge in [-0.05, 0) is 37.6 Å². The van der Waals surface area contributed by atoms with Gasteiger partial charge >= 0.3 is 5.95 Å². The van der Waals surface area contributed by atoms with Crippen molar-refractivity contribution >= 4 is 17.0 Å². The van der Waals surface area contributed by atoms with Crippen LogP contribution in [0.3, 0.4) is 0 Å². The molecule has 0 spiro atoms. The lowest BCUT2D eigenvalue weighted by Crippen LogP contribution is -2.43. The van der Waals surface area contributed by atoms with Gasteiger partial charge in [-0.3, -0.25) is 5.73 Å². The quantitative estimate of drug-likeness (QED) is 0.611. The smallest absolute Gasteiger partial charge is 0.356 e. The number of hydrogen-bond donors (Lipinski definition) is 2. The number of aromatic nitrogens is 2. The zero-order chi connectivity index (χ0) is 18.5. The fraction of sp³-hybridized carbons (Fsp3) is 0.381. The summed E-state index contributed by atoms with van der Waals surface area (Å²) in [6, 6.07) is 16.0. The Bertz CT molecular complexity index is 856. The molecule has 3 aromatic rings. The number of anilines is 1. The molecule has 0 aliphatic rings. The number of aliphatic hydroxyl groups excluding tert-OH is 1. The number of nitrogens with zero attached hydrogens (tertiary/aromatic N) is 2. The molecule has 1 aromatic heterocycles. The molecule has 0 saturated carbocycles. The Morgan fingerprint density at radius 2 is 1.88 bits per heavy atom. The first-order valence-electron chi connectivity index (χ1n) is 9.24. The van der Waals surface area contributed by atoms with Crippen LogP contribution in [0.2, 0.25) is 0 Å². The molecular weight excluding hydrogens is 326 g/mol. The van der Waals surface area contributed by atoms with Gasteiger partial charge in [-0.15, -0.1) is 0 Å². The number of hydrogen-bond acceptors (Lipinski definition) is 3. The number of benzene rings is 2. The van der Waals surface area contributed by atoms with E-state index in [9.17, 15) is 5.11 Å². The summed E-state index contributed by atoms with van der Waals surface area (Å²) in [5, 5.41) is 10.5. The number of ether oxygens (including phenoxy) is 1. The van der Waals surface area contributed by atoms with Crippen LogP contribution in [0.4, 0.5) is 5.95 Å². The molecule has 0 saturated heterocycles. The van der Waals surface area contributed by atoms with E-state index in [1.165, 1.54) is 5.56 Å². The molecule has 138 valence electrons.